The molecular formula is C13H10N4O. The maximum absolute atomic E-state index is 11.9. The van der Waals surface area contributed by atoms with Gasteiger partial charge >= 0.3 is 0 Å². The molecule has 0 radical (unpaired) electrons. The first-order valence-corrected chi connectivity index (χ1v) is 5.30. The third-order valence-electron chi connectivity index (χ3n) is 2.27. The molecule has 1 amide bonds. The van der Waals surface area contributed by atoms with E-state index < -0.39 is 0 Å². The minimum Gasteiger partial charge on any atom is -0.306 e. The molecule has 5 heteroatoms. The zero-order valence-corrected chi connectivity index (χ0v) is 9.71. The van der Waals surface area contributed by atoms with Crippen molar-refractivity contribution in [2.75, 3.05) is 5.32 Å². The predicted molar refractivity (Wildman–Crippen MR) is 65.9 cm³/mol. The van der Waals surface area contributed by atoms with Gasteiger partial charge in [0.05, 0.1) is 11.6 Å². The lowest BCUT2D eigenvalue weighted by Crippen LogP contribution is -2.13. The van der Waals surface area contributed by atoms with E-state index in [2.05, 4.69) is 15.3 Å². The Labute approximate surface area is 104 Å². The number of amides is 1. The summed E-state index contributed by atoms with van der Waals surface area (Å²) in [6.45, 7) is 1.74. The van der Waals surface area contributed by atoms with Crippen molar-refractivity contribution in [1.82, 2.24) is 9.97 Å². The van der Waals surface area contributed by atoms with Crippen molar-refractivity contribution in [3.05, 3.63) is 53.5 Å². The molecule has 0 spiro atoms. The van der Waals surface area contributed by atoms with Gasteiger partial charge in [0.1, 0.15) is 11.6 Å². The average molecular weight is 238 g/mol. The van der Waals surface area contributed by atoms with E-state index in [0.717, 1.165) is 0 Å². The normalized spacial score (nSPS) is 9.56. The van der Waals surface area contributed by atoms with Crippen LogP contribution in [-0.4, -0.2) is 15.9 Å². The lowest BCUT2D eigenvalue weighted by molar-refractivity contribution is 0.102. The molecule has 0 aliphatic heterocycles. The number of hydrogen-bond donors (Lipinski definition) is 1. The van der Waals surface area contributed by atoms with Crippen molar-refractivity contribution in [3.8, 4) is 6.07 Å². The summed E-state index contributed by atoms with van der Waals surface area (Å²) in [5.74, 6) is 0.721. The molecule has 0 aliphatic carbocycles. The Hall–Kier alpha value is -2.74. The number of carbonyl (C=O) groups excluding carboxylic acids is 1. The van der Waals surface area contributed by atoms with Gasteiger partial charge in [-0.05, 0) is 31.2 Å². The van der Waals surface area contributed by atoms with Crippen molar-refractivity contribution in [2.24, 2.45) is 0 Å². The van der Waals surface area contributed by atoms with Crippen molar-refractivity contribution in [1.29, 1.82) is 5.26 Å². The fraction of sp³-hybridized carbons (Fsp3) is 0.0769. The van der Waals surface area contributed by atoms with Crippen LogP contribution in [0, 0.1) is 18.3 Å². The van der Waals surface area contributed by atoms with Crippen LogP contribution >= 0.6 is 0 Å². The van der Waals surface area contributed by atoms with Crippen LogP contribution in [-0.2, 0) is 0 Å². The van der Waals surface area contributed by atoms with Gasteiger partial charge in [-0.2, -0.15) is 5.26 Å². The Morgan fingerprint density at radius 1 is 1.39 bits per heavy atom. The first-order valence-electron chi connectivity index (χ1n) is 5.30. The van der Waals surface area contributed by atoms with E-state index in [4.69, 9.17) is 5.26 Å². The van der Waals surface area contributed by atoms with Gasteiger partial charge in [-0.15, -0.1) is 0 Å². The SMILES string of the molecule is Cc1nccc(NC(=O)c2cccc(C#N)c2)n1. The summed E-state index contributed by atoms with van der Waals surface area (Å²) < 4.78 is 0. The molecule has 1 aromatic heterocycles. The number of nitrogens with one attached hydrogen (secondary N) is 1. The number of rotatable bonds is 2. The van der Waals surface area contributed by atoms with E-state index in [1.165, 1.54) is 6.07 Å². The lowest BCUT2D eigenvalue weighted by atomic mass is 10.1. The zero-order valence-electron chi connectivity index (χ0n) is 9.71. The molecule has 5 nitrogen and oxygen atoms in total. The average Bonchev–Trinajstić information content (AvgIpc) is 2.39. The minimum atomic E-state index is -0.301. The summed E-state index contributed by atoms with van der Waals surface area (Å²) >= 11 is 0. The van der Waals surface area contributed by atoms with Crippen LogP contribution in [0.1, 0.15) is 21.7 Å². The highest BCUT2D eigenvalue weighted by Gasteiger charge is 2.07. The number of anilines is 1. The molecular weight excluding hydrogens is 228 g/mol. The molecule has 1 heterocycles. The van der Waals surface area contributed by atoms with E-state index >= 15 is 0 Å². The predicted octanol–water partition coefficient (Wildman–Crippen LogP) is 1.91. The standard InChI is InChI=1S/C13H10N4O/c1-9-15-6-5-12(16-9)17-13(18)11-4-2-3-10(7-11)8-14/h2-7H,1H3,(H,15,16,17,18). The van der Waals surface area contributed by atoms with Crippen LogP contribution in [0.3, 0.4) is 0 Å². The summed E-state index contributed by atoms with van der Waals surface area (Å²) in [4.78, 5) is 19.9. The van der Waals surface area contributed by atoms with Crippen LogP contribution in [0.25, 0.3) is 0 Å². The largest absolute Gasteiger partial charge is 0.306 e. The molecule has 1 aromatic carbocycles. The smallest absolute Gasteiger partial charge is 0.256 e. The first kappa shape index (κ1) is 11.7. The van der Waals surface area contributed by atoms with Gasteiger partial charge in [0, 0.05) is 11.8 Å². The number of benzene rings is 1. The van der Waals surface area contributed by atoms with Crippen LogP contribution in [0.4, 0.5) is 5.82 Å². The van der Waals surface area contributed by atoms with E-state index in [9.17, 15) is 4.79 Å². The maximum atomic E-state index is 11.9. The minimum absolute atomic E-state index is 0.301. The first-order chi connectivity index (χ1) is 8.69. The molecule has 0 fully saturated rings. The third-order valence-corrected chi connectivity index (χ3v) is 2.27. The Balaban J connectivity index is 2.20. The molecule has 0 aliphatic rings. The number of carbonyl (C=O) groups is 1. The Kier molecular flexibility index (Phi) is 3.30. The highest BCUT2D eigenvalue weighted by Crippen LogP contribution is 2.08. The lowest BCUT2D eigenvalue weighted by Gasteiger charge is -2.04. The second-order valence-electron chi connectivity index (χ2n) is 3.64. The molecule has 18 heavy (non-hydrogen) atoms. The molecule has 0 unspecified atom stereocenters. The maximum Gasteiger partial charge on any atom is 0.256 e. The second-order valence-corrected chi connectivity index (χ2v) is 3.64. The van der Waals surface area contributed by atoms with Crippen molar-refractivity contribution >= 4 is 11.7 Å². The van der Waals surface area contributed by atoms with E-state index in [1.54, 1.807) is 37.4 Å². The molecule has 0 saturated carbocycles. The zero-order chi connectivity index (χ0) is 13.0. The second kappa shape index (κ2) is 5.06. The van der Waals surface area contributed by atoms with Gasteiger partial charge < -0.3 is 5.32 Å². The Bertz CT molecular complexity index is 631. The fourth-order valence-corrected chi connectivity index (χ4v) is 1.44. The van der Waals surface area contributed by atoms with E-state index in [0.29, 0.717) is 22.8 Å². The van der Waals surface area contributed by atoms with Gasteiger partial charge in [0.15, 0.2) is 0 Å². The number of aromatic nitrogens is 2. The molecule has 2 aromatic rings. The summed E-state index contributed by atoms with van der Waals surface area (Å²) in [6.07, 6.45) is 1.57. The summed E-state index contributed by atoms with van der Waals surface area (Å²) in [5.41, 5.74) is 0.867. The summed E-state index contributed by atoms with van der Waals surface area (Å²) in [6, 6.07) is 10.1. The Morgan fingerprint density at radius 2 is 2.22 bits per heavy atom. The van der Waals surface area contributed by atoms with Gasteiger partial charge in [-0.1, -0.05) is 6.07 Å². The number of hydrogen-bond acceptors (Lipinski definition) is 4. The van der Waals surface area contributed by atoms with E-state index in [-0.39, 0.29) is 5.91 Å². The molecule has 0 atom stereocenters. The highest BCUT2D eigenvalue weighted by atomic mass is 16.1. The fourth-order valence-electron chi connectivity index (χ4n) is 1.44. The van der Waals surface area contributed by atoms with Crippen molar-refractivity contribution < 1.29 is 4.79 Å². The Morgan fingerprint density at radius 3 is 2.94 bits per heavy atom. The van der Waals surface area contributed by atoms with Crippen LogP contribution in [0.5, 0.6) is 0 Å². The van der Waals surface area contributed by atoms with Gasteiger partial charge in [0.2, 0.25) is 0 Å². The molecule has 0 bridgehead atoms. The number of nitrogens with zero attached hydrogens (tertiary/aromatic N) is 3. The molecule has 0 saturated heterocycles. The molecule has 2 rings (SSSR count). The topological polar surface area (TPSA) is 78.7 Å². The number of aryl methyl sites for hydroxylation is 1. The van der Waals surface area contributed by atoms with Crippen LogP contribution in [0.15, 0.2) is 36.5 Å². The quantitative estimate of drug-likeness (QED) is 0.866. The summed E-state index contributed by atoms with van der Waals surface area (Å²) in [5, 5.41) is 11.4. The number of nitriles is 1. The molecule has 1 N–H and O–H groups in total. The van der Waals surface area contributed by atoms with Gasteiger partial charge in [0.25, 0.3) is 5.91 Å². The van der Waals surface area contributed by atoms with Gasteiger partial charge in [-0.25, -0.2) is 9.97 Å². The van der Waals surface area contributed by atoms with Crippen LogP contribution < -0.4 is 5.32 Å². The van der Waals surface area contributed by atoms with E-state index in [1.807, 2.05) is 6.07 Å². The van der Waals surface area contributed by atoms with Crippen LogP contribution in [0.2, 0.25) is 0 Å². The third kappa shape index (κ3) is 2.68. The monoisotopic (exact) mass is 238 g/mol. The molecule has 88 valence electrons. The van der Waals surface area contributed by atoms with Crippen molar-refractivity contribution in [2.45, 2.75) is 6.92 Å². The van der Waals surface area contributed by atoms with Gasteiger partial charge in [-0.3, -0.25) is 4.79 Å². The summed E-state index contributed by atoms with van der Waals surface area (Å²) in [7, 11) is 0. The highest BCUT2D eigenvalue weighted by molar-refractivity contribution is 6.03. The van der Waals surface area contributed by atoms with Crippen molar-refractivity contribution in [3.63, 3.8) is 0 Å².